The van der Waals surface area contributed by atoms with Gasteiger partial charge in [-0.2, -0.15) is 0 Å². The molecule has 6 heteroatoms. The Morgan fingerprint density at radius 1 is 1.25 bits per heavy atom. The number of furan rings is 1. The van der Waals surface area contributed by atoms with Crippen molar-refractivity contribution in [2.45, 2.75) is 25.7 Å². The molecule has 1 aliphatic rings. The Hall–Kier alpha value is -2.70. The van der Waals surface area contributed by atoms with Gasteiger partial charge in [-0.1, -0.05) is 18.2 Å². The van der Waals surface area contributed by atoms with Gasteiger partial charge < -0.3 is 19.0 Å². The Balaban J connectivity index is 1.47. The summed E-state index contributed by atoms with van der Waals surface area (Å²) in [5.74, 6) is 0.396. The van der Waals surface area contributed by atoms with E-state index in [2.05, 4.69) is 9.88 Å². The minimum Gasteiger partial charge on any atom is -0.451 e. The molecular weight excluding hydrogens is 354 g/mol. The number of nitrogens with zero attached hydrogens (tertiary/aromatic N) is 3. The molecule has 0 saturated carbocycles. The quantitative estimate of drug-likeness (QED) is 0.658. The lowest BCUT2D eigenvalue weighted by molar-refractivity contribution is 0.0430. The van der Waals surface area contributed by atoms with Crippen LogP contribution in [-0.4, -0.2) is 54.0 Å². The Morgan fingerprint density at radius 3 is 2.82 bits per heavy atom. The molecule has 1 aliphatic heterocycles. The SMILES string of the molecule is CN(C)Cc1c(C(=O)N2CC[C@@H](OCc3ccncc3)C2)oc2ccccc12. The fourth-order valence-corrected chi connectivity index (χ4v) is 3.63. The van der Waals surface area contributed by atoms with E-state index < -0.39 is 0 Å². The number of likely N-dealkylation sites (tertiary alicyclic amines) is 1. The highest BCUT2D eigenvalue weighted by Crippen LogP contribution is 2.29. The van der Waals surface area contributed by atoms with E-state index in [0.717, 1.165) is 28.5 Å². The summed E-state index contributed by atoms with van der Waals surface area (Å²) < 4.78 is 12.0. The second kappa shape index (κ2) is 8.12. The Morgan fingerprint density at radius 2 is 2.04 bits per heavy atom. The number of carbonyl (C=O) groups is 1. The van der Waals surface area contributed by atoms with Gasteiger partial charge in [0.15, 0.2) is 5.76 Å². The molecule has 1 fully saturated rings. The van der Waals surface area contributed by atoms with Gasteiger partial charge in [-0.25, -0.2) is 0 Å². The molecule has 28 heavy (non-hydrogen) atoms. The normalized spacial score (nSPS) is 17.0. The van der Waals surface area contributed by atoms with Crippen molar-refractivity contribution in [3.63, 3.8) is 0 Å². The van der Waals surface area contributed by atoms with Crippen molar-refractivity contribution in [2.75, 3.05) is 27.2 Å². The van der Waals surface area contributed by atoms with Crippen molar-refractivity contribution in [2.24, 2.45) is 0 Å². The van der Waals surface area contributed by atoms with E-state index in [1.165, 1.54) is 0 Å². The van der Waals surface area contributed by atoms with Crippen LogP contribution in [0.5, 0.6) is 0 Å². The van der Waals surface area contributed by atoms with E-state index in [9.17, 15) is 4.79 Å². The number of para-hydroxylation sites is 1. The highest BCUT2D eigenvalue weighted by molar-refractivity contribution is 5.99. The summed E-state index contributed by atoms with van der Waals surface area (Å²) in [5.41, 5.74) is 2.80. The molecule has 2 aromatic heterocycles. The van der Waals surface area contributed by atoms with Crippen molar-refractivity contribution in [3.8, 4) is 0 Å². The first-order valence-electron chi connectivity index (χ1n) is 9.56. The first kappa shape index (κ1) is 18.7. The second-order valence-corrected chi connectivity index (χ2v) is 7.47. The van der Waals surface area contributed by atoms with E-state index >= 15 is 0 Å². The summed E-state index contributed by atoms with van der Waals surface area (Å²) in [6, 6.07) is 11.7. The Kier molecular flexibility index (Phi) is 5.41. The fourth-order valence-electron chi connectivity index (χ4n) is 3.63. The standard InChI is InChI=1S/C22H25N3O3/c1-24(2)14-19-18-5-3-4-6-20(18)28-21(19)22(26)25-12-9-17(13-25)27-15-16-7-10-23-11-8-16/h3-8,10-11,17H,9,12-15H2,1-2H3/t17-/m1/s1. The van der Waals surface area contributed by atoms with Crippen LogP contribution in [0.2, 0.25) is 0 Å². The molecule has 1 amide bonds. The van der Waals surface area contributed by atoms with Crippen molar-refractivity contribution in [1.29, 1.82) is 0 Å². The molecule has 1 atom stereocenters. The van der Waals surface area contributed by atoms with Crippen molar-refractivity contribution in [1.82, 2.24) is 14.8 Å². The molecule has 0 N–H and O–H groups in total. The minimum absolute atomic E-state index is 0.0405. The highest BCUT2D eigenvalue weighted by Gasteiger charge is 2.31. The zero-order valence-corrected chi connectivity index (χ0v) is 16.3. The van der Waals surface area contributed by atoms with Gasteiger partial charge in [0.1, 0.15) is 5.58 Å². The Bertz CT molecular complexity index is 952. The maximum Gasteiger partial charge on any atom is 0.290 e. The largest absolute Gasteiger partial charge is 0.451 e. The van der Waals surface area contributed by atoms with Gasteiger partial charge in [-0.15, -0.1) is 0 Å². The monoisotopic (exact) mass is 379 g/mol. The highest BCUT2D eigenvalue weighted by atomic mass is 16.5. The van der Waals surface area contributed by atoms with Gasteiger partial charge in [0.2, 0.25) is 0 Å². The molecular formula is C22H25N3O3. The summed E-state index contributed by atoms with van der Waals surface area (Å²) in [7, 11) is 3.99. The third-order valence-electron chi connectivity index (χ3n) is 5.03. The van der Waals surface area contributed by atoms with Gasteiger partial charge in [0.25, 0.3) is 5.91 Å². The van der Waals surface area contributed by atoms with E-state index in [0.29, 0.717) is 32.0 Å². The maximum atomic E-state index is 13.2. The van der Waals surface area contributed by atoms with Crippen LogP contribution < -0.4 is 0 Å². The third-order valence-corrected chi connectivity index (χ3v) is 5.03. The number of pyridine rings is 1. The van der Waals surface area contributed by atoms with Crippen LogP contribution in [0.15, 0.2) is 53.2 Å². The molecule has 6 nitrogen and oxygen atoms in total. The average Bonchev–Trinajstić information content (AvgIpc) is 3.32. The summed E-state index contributed by atoms with van der Waals surface area (Å²) >= 11 is 0. The van der Waals surface area contributed by atoms with E-state index in [1.54, 1.807) is 12.4 Å². The van der Waals surface area contributed by atoms with Crippen LogP contribution in [0.1, 0.15) is 28.1 Å². The zero-order chi connectivity index (χ0) is 19.5. The number of ether oxygens (including phenoxy) is 1. The lowest BCUT2D eigenvalue weighted by Gasteiger charge is -2.17. The third kappa shape index (κ3) is 3.93. The van der Waals surface area contributed by atoms with E-state index in [1.807, 2.05) is 55.4 Å². The van der Waals surface area contributed by atoms with Gasteiger partial charge in [0, 0.05) is 43.0 Å². The molecule has 1 saturated heterocycles. The summed E-state index contributed by atoms with van der Waals surface area (Å²) in [5, 5.41) is 1.00. The van der Waals surface area contributed by atoms with Crippen LogP contribution in [0.3, 0.4) is 0 Å². The minimum atomic E-state index is -0.0527. The van der Waals surface area contributed by atoms with Gasteiger partial charge in [0.05, 0.1) is 12.7 Å². The van der Waals surface area contributed by atoms with Gasteiger partial charge in [-0.05, 0) is 44.3 Å². The topological polar surface area (TPSA) is 58.8 Å². The lowest BCUT2D eigenvalue weighted by atomic mass is 10.1. The number of benzene rings is 1. The Labute approximate surface area is 164 Å². The molecule has 3 aromatic rings. The van der Waals surface area contributed by atoms with Gasteiger partial charge in [-0.3, -0.25) is 9.78 Å². The number of aromatic nitrogens is 1. The molecule has 0 radical (unpaired) electrons. The molecule has 0 unspecified atom stereocenters. The molecule has 1 aromatic carbocycles. The number of fused-ring (bicyclic) bond motifs is 1. The van der Waals surface area contributed by atoms with Crippen LogP contribution in [-0.2, 0) is 17.9 Å². The zero-order valence-electron chi connectivity index (χ0n) is 16.3. The van der Waals surface area contributed by atoms with Crippen molar-refractivity contribution in [3.05, 3.63) is 65.7 Å². The molecule has 146 valence electrons. The molecule has 3 heterocycles. The van der Waals surface area contributed by atoms with Crippen molar-refractivity contribution < 1.29 is 13.9 Å². The van der Waals surface area contributed by atoms with Crippen LogP contribution in [0, 0.1) is 0 Å². The van der Waals surface area contributed by atoms with Crippen LogP contribution in [0.25, 0.3) is 11.0 Å². The number of carbonyl (C=O) groups excluding carboxylic acids is 1. The first-order valence-corrected chi connectivity index (χ1v) is 9.56. The fraction of sp³-hybridized carbons (Fsp3) is 0.364. The van der Waals surface area contributed by atoms with Crippen LogP contribution in [0.4, 0.5) is 0 Å². The smallest absolute Gasteiger partial charge is 0.290 e. The molecule has 0 bridgehead atoms. The first-order chi connectivity index (χ1) is 13.6. The molecule has 0 aliphatic carbocycles. The number of hydrogen-bond donors (Lipinski definition) is 0. The summed E-state index contributed by atoms with van der Waals surface area (Å²) in [6.07, 6.45) is 4.40. The van der Waals surface area contributed by atoms with Gasteiger partial charge >= 0.3 is 0 Å². The molecule has 4 rings (SSSR count). The number of hydrogen-bond acceptors (Lipinski definition) is 5. The second-order valence-electron chi connectivity index (χ2n) is 7.47. The maximum absolute atomic E-state index is 13.2. The predicted octanol–water partition coefficient (Wildman–Crippen LogP) is 3.32. The molecule has 0 spiro atoms. The summed E-state index contributed by atoms with van der Waals surface area (Å²) in [4.78, 5) is 21.1. The van der Waals surface area contributed by atoms with E-state index in [4.69, 9.17) is 9.15 Å². The number of amides is 1. The van der Waals surface area contributed by atoms with Crippen LogP contribution >= 0.6 is 0 Å². The van der Waals surface area contributed by atoms with E-state index in [-0.39, 0.29) is 12.0 Å². The average molecular weight is 379 g/mol. The lowest BCUT2D eigenvalue weighted by Crippen LogP contribution is -2.31. The predicted molar refractivity (Wildman–Crippen MR) is 107 cm³/mol. The van der Waals surface area contributed by atoms with Crippen molar-refractivity contribution >= 4 is 16.9 Å². The number of rotatable bonds is 6. The summed E-state index contributed by atoms with van der Waals surface area (Å²) in [6.45, 7) is 2.46.